The first-order valence-electron chi connectivity index (χ1n) is 12.9. The van der Waals surface area contributed by atoms with Crippen LogP contribution in [0.1, 0.15) is 51.9 Å². The van der Waals surface area contributed by atoms with Crippen molar-refractivity contribution in [3.63, 3.8) is 0 Å². The zero-order valence-electron chi connectivity index (χ0n) is 19.4. The highest BCUT2D eigenvalue weighted by atomic mass is 19.1. The molecule has 3 heterocycles. The second-order valence-corrected chi connectivity index (χ2v) is 11.2. The smallest absolute Gasteiger partial charge is 0.237 e. The minimum atomic E-state index is -0.753. The first-order chi connectivity index (χ1) is 15.0. The van der Waals surface area contributed by atoms with E-state index in [0.29, 0.717) is 36.8 Å². The average molecular weight is 436 g/mol. The molecule has 0 bridgehead atoms. The summed E-state index contributed by atoms with van der Waals surface area (Å²) in [6, 6.07) is 1.24. The van der Waals surface area contributed by atoms with Crippen molar-refractivity contribution >= 4 is 5.91 Å². The zero-order valence-corrected chi connectivity index (χ0v) is 19.4. The summed E-state index contributed by atoms with van der Waals surface area (Å²) in [4.78, 5) is 18.3. The molecule has 0 radical (unpaired) electrons. The van der Waals surface area contributed by atoms with Gasteiger partial charge in [-0.1, -0.05) is 6.92 Å². The van der Waals surface area contributed by atoms with E-state index in [0.717, 1.165) is 52.0 Å². The van der Waals surface area contributed by atoms with Gasteiger partial charge in [-0.15, -0.1) is 0 Å². The molecular weight excluding hydrogens is 393 g/mol. The number of piperazine rings is 1. The Morgan fingerprint density at radius 1 is 1.03 bits per heavy atom. The van der Waals surface area contributed by atoms with E-state index in [1.807, 2.05) is 0 Å². The Balaban J connectivity index is 1.23. The SMILES string of the molecule is CC1CCC(F)C2CC(C(=O)NC3CC4CCCNC4C(N4CCN(C)CC4)C3)NC12. The van der Waals surface area contributed by atoms with Gasteiger partial charge in [0.15, 0.2) is 0 Å². The lowest BCUT2D eigenvalue weighted by Gasteiger charge is -2.50. The fraction of sp³-hybridized carbons (Fsp3) is 0.958. The largest absolute Gasteiger partial charge is 0.352 e. The van der Waals surface area contributed by atoms with Crippen molar-refractivity contribution in [2.75, 3.05) is 39.8 Å². The summed E-state index contributed by atoms with van der Waals surface area (Å²) in [7, 11) is 2.21. The Kier molecular flexibility index (Phi) is 6.57. The molecule has 6 nitrogen and oxygen atoms in total. The van der Waals surface area contributed by atoms with Crippen molar-refractivity contribution in [3.05, 3.63) is 0 Å². The highest BCUT2D eigenvalue weighted by molar-refractivity contribution is 5.82. The van der Waals surface area contributed by atoms with Crippen LogP contribution in [0.3, 0.4) is 0 Å². The van der Waals surface area contributed by atoms with Gasteiger partial charge in [0.05, 0.1) is 6.04 Å². The molecule has 5 fully saturated rings. The molecule has 9 unspecified atom stereocenters. The molecule has 2 saturated carbocycles. The summed E-state index contributed by atoms with van der Waals surface area (Å²) in [6.07, 6.45) is 6.10. The van der Waals surface area contributed by atoms with Gasteiger partial charge in [-0.2, -0.15) is 0 Å². The van der Waals surface area contributed by atoms with Crippen molar-refractivity contribution in [2.24, 2.45) is 17.8 Å². The Labute approximate surface area is 187 Å². The molecule has 5 rings (SSSR count). The first-order valence-corrected chi connectivity index (χ1v) is 12.9. The van der Waals surface area contributed by atoms with Gasteiger partial charge in [0, 0.05) is 56.3 Å². The third kappa shape index (κ3) is 4.53. The van der Waals surface area contributed by atoms with E-state index in [-0.39, 0.29) is 30.0 Å². The van der Waals surface area contributed by atoms with Crippen molar-refractivity contribution in [3.8, 4) is 0 Å². The lowest BCUT2D eigenvalue weighted by molar-refractivity contribution is -0.124. The van der Waals surface area contributed by atoms with Crippen LogP contribution in [0, 0.1) is 17.8 Å². The van der Waals surface area contributed by atoms with Crippen LogP contribution in [0.25, 0.3) is 0 Å². The quantitative estimate of drug-likeness (QED) is 0.625. The number of rotatable bonds is 3. The lowest BCUT2D eigenvalue weighted by Crippen LogP contribution is -2.64. The van der Waals surface area contributed by atoms with Gasteiger partial charge in [-0.3, -0.25) is 9.69 Å². The number of carbonyl (C=O) groups is 1. The van der Waals surface area contributed by atoms with Gasteiger partial charge in [0.2, 0.25) is 5.91 Å². The van der Waals surface area contributed by atoms with E-state index in [1.165, 1.54) is 12.8 Å². The number of nitrogens with one attached hydrogen (secondary N) is 3. The van der Waals surface area contributed by atoms with Crippen LogP contribution in [-0.2, 0) is 4.79 Å². The van der Waals surface area contributed by atoms with Crippen molar-refractivity contribution in [1.29, 1.82) is 0 Å². The van der Waals surface area contributed by atoms with E-state index in [4.69, 9.17) is 0 Å². The number of piperidine rings is 1. The highest BCUT2D eigenvalue weighted by Crippen LogP contribution is 2.39. The van der Waals surface area contributed by atoms with Gasteiger partial charge >= 0.3 is 0 Å². The molecule has 2 aliphatic carbocycles. The average Bonchev–Trinajstić information content (AvgIpc) is 3.24. The summed E-state index contributed by atoms with van der Waals surface area (Å²) in [6.45, 7) is 7.82. The van der Waals surface area contributed by atoms with Crippen molar-refractivity contribution in [1.82, 2.24) is 25.8 Å². The zero-order chi connectivity index (χ0) is 21.5. The minimum absolute atomic E-state index is 0.0101. The number of nitrogens with zero attached hydrogens (tertiary/aromatic N) is 2. The summed E-state index contributed by atoms with van der Waals surface area (Å²) < 4.78 is 14.5. The second-order valence-electron chi connectivity index (χ2n) is 11.2. The van der Waals surface area contributed by atoms with E-state index < -0.39 is 6.17 Å². The van der Waals surface area contributed by atoms with E-state index in [9.17, 15) is 9.18 Å². The molecule has 7 heteroatoms. The molecule has 31 heavy (non-hydrogen) atoms. The Bertz CT molecular complexity index is 623. The highest BCUT2D eigenvalue weighted by Gasteiger charge is 2.47. The number of carbonyl (C=O) groups excluding carboxylic acids is 1. The summed E-state index contributed by atoms with van der Waals surface area (Å²) in [5.41, 5.74) is 0. The van der Waals surface area contributed by atoms with Crippen LogP contribution in [0.2, 0.25) is 0 Å². The molecule has 5 aliphatic rings. The monoisotopic (exact) mass is 435 g/mol. The van der Waals surface area contributed by atoms with Crippen LogP contribution >= 0.6 is 0 Å². The van der Waals surface area contributed by atoms with Crippen molar-refractivity contribution in [2.45, 2.75) is 88.3 Å². The molecule has 3 saturated heterocycles. The summed E-state index contributed by atoms with van der Waals surface area (Å²) in [5.74, 6) is 1.22. The second kappa shape index (κ2) is 9.24. The van der Waals surface area contributed by atoms with E-state index in [2.05, 4.69) is 39.7 Å². The molecule has 0 aromatic carbocycles. The molecule has 0 aromatic rings. The van der Waals surface area contributed by atoms with Crippen LogP contribution in [-0.4, -0.2) is 91.9 Å². The molecule has 176 valence electrons. The normalized spacial score (nSPS) is 46.9. The van der Waals surface area contributed by atoms with Crippen LogP contribution in [0.4, 0.5) is 4.39 Å². The fourth-order valence-corrected chi connectivity index (χ4v) is 7.34. The minimum Gasteiger partial charge on any atom is -0.352 e. The number of halogens is 1. The Morgan fingerprint density at radius 3 is 2.61 bits per heavy atom. The maximum Gasteiger partial charge on any atom is 0.237 e. The number of hydrogen-bond acceptors (Lipinski definition) is 5. The molecule has 0 spiro atoms. The van der Waals surface area contributed by atoms with Gasteiger partial charge in [-0.05, 0) is 70.4 Å². The van der Waals surface area contributed by atoms with Crippen LogP contribution < -0.4 is 16.0 Å². The van der Waals surface area contributed by atoms with Crippen LogP contribution in [0.5, 0.6) is 0 Å². The first kappa shape index (κ1) is 22.1. The summed E-state index contributed by atoms with van der Waals surface area (Å²) >= 11 is 0. The number of amides is 1. The van der Waals surface area contributed by atoms with Gasteiger partial charge in [0.25, 0.3) is 0 Å². The number of likely N-dealkylation sites (N-methyl/N-ethyl adjacent to an activating group) is 1. The van der Waals surface area contributed by atoms with Gasteiger partial charge in [0.1, 0.15) is 6.17 Å². The molecule has 1 amide bonds. The topological polar surface area (TPSA) is 59.6 Å². The Morgan fingerprint density at radius 2 is 1.84 bits per heavy atom. The number of hydrogen-bond donors (Lipinski definition) is 3. The molecular formula is C24H42FN5O. The maximum atomic E-state index is 14.5. The molecule has 3 aliphatic heterocycles. The lowest BCUT2D eigenvalue weighted by atomic mass is 9.73. The van der Waals surface area contributed by atoms with E-state index in [1.54, 1.807) is 0 Å². The van der Waals surface area contributed by atoms with Gasteiger partial charge in [-0.25, -0.2) is 4.39 Å². The Hall–Kier alpha value is -0.760. The predicted molar refractivity (Wildman–Crippen MR) is 121 cm³/mol. The van der Waals surface area contributed by atoms with Crippen LogP contribution in [0.15, 0.2) is 0 Å². The van der Waals surface area contributed by atoms with Gasteiger partial charge < -0.3 is 20.9 Å². The number of fused-ring (bicyclic) bond motifs is 2. The number of alkyl halides is 1. The fourth-order valence-electron chi connectivity index (χ4n) is 7.34. The predicted octanol–water partition coefficient (Wildman–Crippen LogP) is 1.36. The maximum absolute atomic E-state index is 14.5. The summed E-state index contributed by atoms with van der Waals surface area (Å²) in [5, 5.41) is 10.8. The van der Waals surface area contributed by atoms with Crippen molar-refractivity contribution < 1.29 is 9.18 Å². The molecule has 3 N–H and O–H groups in total. The standard InChI is InChI=1S/C24H42FN5O/c1-15-5-6-19(25)18-14-20(28-22(15)18)24(31)27-17-12-16-4-3-7-26-23(16)21(13-17)30-10-8-29(2)9-11-30/h15-23,26,28H,3-14H2,1-2H3,(H,27,31). The third-order valence-corrected chi connectivity index (χ3v) is 9.18. The molecule has 0 aromatic heterocycles. The molecule has 9 atom stereocenters. The van der Waals surface area contributed by atoms with E-state index >= 15 is 0 Å². The third-order valence-electron chi connectivity index (χ3n) is 9.18.